The van der Waals surface area contributed by atoms with Gasteiger partial charge in [-0.1, -0.05) is 6.08 Å². The van der Waals surface area contributed by atoms with E-state index in [2.05, 4.69) is 6.58 Å². The highest BCUT2D eigenvalue weighted by Crippen LogP contribution is 1.97. The summed E-state index contributed by atoms with van der Waals surface area (Å²) in [7, 11) is 1.50. The lowest BCUT2D eigenvalue weighted by Gasteiger charge is -2.25. The van der Waals surface area contributed by atoms with Crippen LogP contribution in [-0.4, -0.2) is 65.3 Å². The number of aliphatic hydroxyl groups is 1. The summed E-state index contributed by atoms with van der Waals surface area (Å²) in [5, 5.41) is 17.2. The number of hydrogen-bond acceptors (Lipinski definition) is 3. The Morgan fingerprint density at radius 2 is 2.07 bits per heavy atom. The Kier molecular flexibility index (Phi) is 6.12. The van der Waals surface area contributed by atoms with Crippen molar-refractivity contribution in [1.82, 2.24) is 9.80 Å². The molecule has 6 nitrogen and oxygen atoms in total. The Labute approximate surface area is 88.4 Å². The van der Waals surface area contributed by atoms with E-state index in [0.29, 0.717) is 0 Å². The van der Waals surface area contributed by atoms with Crippen molar-refractivity contribution in [2.45, 2.75) is 0 Å². The molecule has 6 heteroatoms. The number of aliphatic carboxylic acids is 1. The van der Waals surface area contributed by atoms with Gasteiger partial charge in [0.25, 0.3) is 0 Å². The molecule has 0 aliphatic heterocycles. The van der Waals surface area contributed by atoms with E-state index < -0.39 is 12.0 Å². The van der Waals surface area contributed by atoms with Crippen molar-refractivity contribution in [3.05, 3.63) is 12.7 Å². The Balaban J connectivity index is 4.39. The Morgan fingerprint density at radius 1 is 1.47 bits per heavy atom. The van der Waals surface area contributed by atoms with Crippen molar-refractivity contribution in [3.63, 3.8) is 0 Å². The minimum atomic E-state index is -1.08. The van der Waals surface area contributed by atoms with Crippen LogP contribution in [0.5, 0.6) is 0 Å². The fourth-order valence-corrected chi connectivity index (χ4v) is 1.02. The topological polar surface area (TPSA) is 81.1 Å². The summed E-state index contributed by atoms with van der Waals surface area (Å²) >= 11 is 0. The van der Waals surface area contributed by atoms with Crippen LogP contribution in [0.1, 0.15) is 0 Å². The first-order chi connectivity index (χ1) is 7.02. The quantitative estimate of drug-likeness (QED) is 0.592. The summed E-state index contributed by atoms with van der Waals surface area (Å²) in [5.74, 6) is -1.08. The van der Waals surface area contributed by atoms with Crippen LogP contribution in [0.2, 0.25) is 0 Å². The molecule has 0 aliphatic rings. The van der Waals surface area contributed by atoms with Gasteiger partial charge in [0.05, 0.1) is 6.61 Å². The third-order valence-corrected chi connectivity index (χ3v) is 1.71. The number of hydrogen-bond donors (Lipinski definition) is 2. The number of carbonyl (C=O) groups excluding carboxylic acids is 1. The first kappa shape index (κ1) is 13.4. The summed E-state index contributed by atoms with van der Waals surface area (Å²) < 4.78 is 0. The van der Waals surface area contributed by atoms with E-state index in [0.717, 1.165) is 4.90 Å². The van der Waals surface area contributed by atoms with Crippen LogP contribution in [0.25, 0.3) is 0 Å². The summed E-state index contributed by atoms with van der Waals surface area (Å²) in [6.07, 6.45) is 1.45. The van der Waals surface area contributed by atoms with Crippen LogP contribution in [0.4, 0.5) is 4.79 Å². The minimum absolute atomic E-state index is 0.156. The molecule has 0 aromatic rings. The number of carbonyl (C=O) groups is 2. The molecule has 0 atom stereocenters. The molecular weight excluding hydrogens is 200 g/mol. The molecule has 0 rings (SSSR count). The lowest BCUT2D eigenvalue weighted by molar-refractivity contribution is -0.137. The number of carboxylic acids is 1. The molecule has 2 amide bonds. The largest absolute Gasteiger partial charge is 0.480 e. The van der Waals surface area contributed by atoms with Crippen molar-refractivity contribution < 1.29 is 19.8 Å². The second-order valence-corrected chi connectivity index (χ2v) is 2.99. The summed E-state index contributed by atoms with van der Waals surface area (Å²) in [6.45, 7) is 3.25. The fraction of sp³-hybridized carbons (Fsp3) is 0.556. The molecule has 0 aromatic carbocycles. The summed E-state index contributed by atoms with van der Waals surface area (Å²) in [6, 6.07) is -0.439. The zero-order valence-electron chi connectivity index (χ0n) is 8.72. The molecule has 0 saturated carbocycles. The zero-order chi connectivity index (χ0) is 11.8. The van der Waals surface area contributed by atoms with Gasteiger partial charge in [0, 0.05) is 20.1 Å². The molecule has 0 spiro atoms. The molecule has 0 bridgehead atoms. The number of likely N-dealkylation sites (N-methyl/N-ethyl adjacent to an activating group) is 1. The molecule has 0 aromatic heterocycles. The number of amides is 2. The molecule has 0 heterocycles. The number of nitrogens with zero attached hydrogens (tertiary/aromatic N) is 2. The predicted molar refractivity (Wildman–Crippen MR) is 54.5 cm³/mol. The summed E-state index contributed by atoms with van der Waals surface area (Å²) in [4.78, 5) is 24.4. The van der Waals surface area contributed by atoms with Crippen LogP contribution < -0.4 is 0 Å². The molecular formula is C9H16N2O4. The number of rotatable bonds is 6. The van der Waals surface area contributed by atoms with Crippen LogP contribution in [0.15, 0.2) is 12.7 Å². The fourth-order valence-electron chi connectivity index (χ4n) is 1.02. The minimum Gasteiger partial charge on any atom is -0.480 e. The lowest BCUT2D eigenvalue weighted by Crippen LogP contribution is -2.44. The van der Waals surface area contributed by atoms with Crippen LogP contribution >= 0.6 is 0 Å². The van der Waals surface area contributed by atoms with Gasteiger partial charge in [-0.15, -0.1) is 6.58 Å². The van der Waals surface area contributed by atoms with Gasteiger partial charge in [-0.3, -0.25) is 4.79 Å². The molecule has 0 fully saturated rings. The maximum atomic E-state index is 11.6. The van der Waals surface area contributed by atoms with E-state index in [9.17, 15) is 9.59 Å². The smallest absolute Gasteiger partial charge is 0.323 e. The van der Waals surface area contributed by atoms with E-state index >= 15 is 0 Å². The highest BCUT2D eigenvalue weighted by Gasteiger charge is 2.18. The second kappa shape index (κ2) is 6.83. The SMILES string of the molecule is C=CCN(CC(=O)O)C(=O)N(C)CCO. The zero-order valence-corrected chi connectivity index (χ0v) is 8.72. The second-order valence-electron chi connectivity index (χ2n) is 2.99. The normalized spacial score (nSPS) is 9.47. The first-order valence-electron chi connectivity index (χ1n) is 4.46. The van der Waals surface area contributed by atoms with Gasteiger partial charge >= 0.3 is 12.0 Å². The lowest BCUT2D eigenvalue weighted by atomic mass is 10.4. The van der Waals surface area contributed by atoms with Gasteiger partial charge < -0.3 is 20.0 Å². The van der Waals surface area contributed by atoms with Gasteiger partial charge in [-0.05, 0) is 0 Å². The number of urea groups is 1. The monoisotopic (exact) mass is 216 g/mol. The van der Waals surface area contributed by atoms with Crippen molar-refractivity contribution in [3.8, 4) is 0 Å². The molecule has 0 saturated heterocycles. The average Bonchev–Trinajstić information content (AvgIpc) is 2.16. The van der Waals surface area contributed by atoms with Crippen molar-refractivity contribution in [2.24, 2.45) is 0 Å². The van der Waals surface area contributed by atoms with Crippen LogP contribution in [-0.2, 0) is 4.79 Å². The highest BCUT2D eigenvalue weighted by atomic mass is 16.4. The Morgan fingerprint density at radius 3 is 2.47 bits per heavy atom. The molecule has 0 aliphatic carbocycles. The predicted octanol–water partition coefficient (Wildman–Crippen LogP) is -0.397. The number of carboxylic acid groups (broad SMARTS) is 1. The molecule has 86 valence electrons. The van der Waals surface area contributed by atoms with E-state index in [1.807, 2.05) is 0 Å². The Hall–Kier alpha value is -1.56. The van der Waals surface area contributed by atoms with Crippen LogP contribution in [0.3, 0.4) is 0 Å². The van der Waals surface area contributed by atoms with Crippen molar-refractivity contribution in [2.75, 3.05) is 33.3 Å². The third-order valence-electron chi connectivity index (χ3n) is 1.71. The van der Waals surface area contributed by atoms with E-state index in [4.69, 9.17) is 10.2 Å². The Bertz CT molecular complexity index is 242. The maximum Gasteiger partial charge on any atom is 0.323 e. The molecule has 15 heavy (non-hydrogen) atoms. The van der Waals surface area contributed by atoms with E-state index in [1.54, 1.807) is 0 Å². The molecule has 0 unspecified atom stereocenters. The summed E-state index contributed by atoms with van der Waals surface area (Å²) in [5.41, 5.74) is 0. The molecule has 0 radical (unpaired) electrons. The van der Waals surface area contributed by atoms with Gasteiger partial charge in [0.1, 0.15) is 6.54 Å². The third kappa shape index (κ3) is 5.02. The van der Waals surface area contributed by atoms with Gasteiger partial charge in [-0.2, -0.15) is 0 Å². The van der Waals surface area contributed by atoms with Crippen molar-refractivity contribution in [1.29, 1.82) is 0 Å². The van der Waals surface area contributed by atoms with Gasteiger partial charge in [-0.25, -0.2) is 4.79 Å². The van der Waals surface area contributed by atoms with Gasteiger partial charge in [0.2, 0.25) is 0 Å². The van der Waals surface area contributed by atoms with Crippen molar-refractivity contribution >= 4 is 12.0 Å². The molecule has 2 N–H and O–H groups in total. The van der Waals surface area contributed by atoms with Crippen LogP contribution in [0, 0.1) is 0 Å². The van der Waals surface area contributed by atoms with Gasteiger partial charge in [0.15, 0.2) is 0 Å². The number of aliphatic hydroxyl groups excluding tert-OH is 1. The highest BCUT2D eigenvalue weighted by molar-refractivity contribution is 5.80. The average molecular weight is 216 g/mol. The first-order valence-corrected chi connectivity index (χ1v) is 4.46. The van der Waals surface area contributed by atoms with E-state index in [-0.39, 0.29) is 26.2 Å². The standard InChI is InChI=1S/C9H16N2O4/c1-3-4-11(7-8(13)14)9(15)10(2)5-6-12/h3,12H,1,4-7H2,2H3,(H,13,14). The van der Waals surface area contributed by atoms with E-state index in [1.165, 1.54) is 18.0 Å². The maximum absolute atomic E-state index is 11.6.